The molecule has 0 aliphatic heterocycles. The van der Waals surface area contributed by atoms with Crippen molar-refractivity contribution < 1.29 is 4.79 Å². The van der Waals surface area contributed by atoms with Crippen LogP contribution in [0.2, 0.25) is 0 Å². The number of carbonyl (C=O) groups is 1. The van der Waals surface area contributed by atoms with E-state index in [1.165, 1.54) is 0 Å². The Labute approximate surface area is 103 Å². The Bertz CT molecular complexity index is 369. The number of nitrogens with two attached hydrogens (primary N) is 1. The molecule has 1 unspecified atom stereocenters. The van der Waals surface area contributed by atoms with Crippen molar-refractivity contribution in [2.24, 2.45) is 12.8 Å². The molecule has 4 heteroatoms. The Morgan fingerprint density at radius 1 is 1.59 bits per heavy atom. The van der Waals surface area contributed by atoms with Crippen LogP contribution in [0.1, 0.15) is 44.5 Å². The summed E-state index contributed by atoms with van der Waals surface area (Å²) in [6.45, 7) is 4.04. The van der Waals surface area contributed by atoms with Crippen LogP contribution in [0.5, 0.6) is 0 Å². The summed E-state index contributed by atoms with van der Waals surface area (Å²) in [4.78, 5) is 11.8. The fourth-order valence-corrected chi connectivity index (χ4v) is 1.82. The van der Waals surface area contributed by atoms with Gasteiger partial charge in [0.15, 0.2) is 0 Å². The van der Waals surface area contributed by atoms with Crippen LogP contribution in [0.3, 0.4) is 0 Å². The predicted molar refractivity (Wildman–Crippen MR) is 68.8 cm³/mol. The SMILES string of the molecule is CCc1cc(CC(=O)CCCC(C)N)n(C)n1. The van der Waals surface area contributed by atoms with Crippen LogP contribution in [0.15, 0.2) is 6.07 Å². The van der Waals surface area contributed by atoms with Crippen molar-refractivity contribution in [3.8, 4) is 0 Å². The second-order valence-electron chi connectivity index (χ2n) is 4.69. The number of rotatable bonds is 7. The fraction of sp³-hybridized carbons (Fsp3) is 0.692. The van der Waals surface area contributed by atoms with Crippen molar-refractivity contribution in [1.82, 2.24) is 9.78 Å². The van der Waals surface area contributed by atoms with Crippen molar-refractivity contribution >= 4 is 5.78 Å². The third kappa shape index (κ3) is 4.69. The molecule has 0 bridgehead atoms. The van der Waals surface area contributed by atoms with E-state index in [1.54, 1.807) is 0 Å². The maximum Gasteiger partial charge on any atom is 0.138 e. The Morgan fingerprint density at radius 2 is 2.29 bits per heavy atom. The lowest BCUT2D eigenvalue weighted by Gasteiger charge is -2.04. The maximum atomic E-state index is 11.8. The second kappa shape index (κ2) is 6.55. The highest BCUT2D eigenvalue weighted by molar-refractivity contribution is 5.80. The van der Waals surface area contributed by atoms with Crippen molar-refractivity contribution in [1.29, 1.82) is 0 Å². The zero-order chi connectivity index (χ0) is 12.8. The molecule has 0 aliphatic rings. The summed E-state index contributed by atoms with van der Waals surface area (Å²) in [6.07, 6.45) is 3.82. The molecule has 96 valence electrons. The monoisotopic (exact) mass is 237 g/mol. The summed E-state index contributed by atoms with van der Waals surface area (Å²) in [7, 11) is 1.89. The molecule has 0 saturated heterocycles. The smallest absolute Gasteiger partial charge is 0.138 e. The molecule has 1 atom stereocenters. The standard InChI is InChI=1S/C13H23N3O/c1-4-11-8-12(16(3)15-11)9-13(17)7-5-6-10(2)14/h8,10H,4-7,9,14H2,1-3H3. The Morgan fingerprint density at radius 3 is 2.82 bits per heavy atom. The molecule has 17 heavy (non-hydrogen) atoms. The van der Waals surface area contributed by atoms with Gasteiger partial charge in [0.05, 0.1) is 5.69 Å². The lowest BCUT2D eigenvalue weighted by molar-refractivity contribution is -0.118. The van der Waals surface area contributed by atoms with Crippen molar-refractivity contribution in [3.63, 3.8) is 0 Å². The van der Waals surface area contributed by atoms with Crippen LogP contribution in [-0.4, -0.2) is 21.6 Å². The summed E-state index contributed by atoms with van der Waals surface area (Å²) in [5.74, 6) is 0.274. The Hall–Kier alpha value is -1.16. The van der Waals surface area contributed by atoms with E-state index >= 15 is 0 Å². The first-order chi connectivity index (χ1) is 8.02. The van der Waals surface area contributed by atoms with Gasteiger partial charge >= 0.3 is 0 Å². The summed E-state index contributed by atoms with van der Waals surface area (Å²) in [5, 5.41) is 4.34. The molecular weight excluding hydrogens is 214 g/mol. The first-order valence-electron chi connectivity index (χ1n) is 6.32. The second-order valence-corrected chi connectivity index (χ2v) is 4.69. The van der Waals surface area contributed by atoms with E-state index < -0.39 is 0 Å². The third-order valence-electron chi connectivity index (χ3n) is 2.88. The van der Waals surface area contributed by atoms with E-state index in [4.69, 9.17) is 5.73 Å². The van der Waals surface area contributed by atoms with Gasteiger partial charge in [0.1, 0.15) is 5.78 Å². The van der Waals surface area contributed by atoms with Gasteiger partial charge in [0, 0.05) is 31.6 Å². The average molecular weight is 237 g/mol. The van der Waals surface area contributed by atoms with E-state index in [0.717, 1.165) is 30.7 Å². The van der Waals surface area contributed by atoms with Crippen molar-refractivity contribution in [2.45, 2.75) is 52.0 Å². The average Bonchev–Trinajstić information content (AvgIpc) is 2.59. The zero-order valence-electron chi connectivity index (χ0n) is 11.1. The lowest BCUT2D eigenvalue weighted by atomic mass is 10.1. The van der Waals surface area contributed by atoms with Gasteiger partial charge < -0.3 is 5.73 Å². The minimum Gasteiger partial charge on any atom is -0.328 e. The molecule has 2 N–H and O–H groups in total. The van der Waals surface area contributed by atoms with Crippen molar-refractivity contribution in [3.05, 3.63) is 17.5 Å². The van der Waals surface area contributed by atoms with Gasteiger partial charge in [-0.2, -0.15) is 5.10 Å². The topological polar surface area (TPSA) is 60.9 Å². The molecule has 0 aromatic carbocycles. The maximum absolute atomic E-state index is 11.8. The van der Waals surface area contributed by atoms with Crippen LogP contribution in [0.25, 0.3) is 0 Å². The summed E-state index contributed by atoms with van der Waals surface area (Å²) in [5.41, 5.74) is 7.71. The quantitative estimate of drug-likeness (QED) is 0.783. The third-order valence-corrected chi connectivity index (χ3v) is 2.88. The number of aryl methyl sites for hydroxylation is 2. The number of ketones is 1. The Kier molecular flexibility index (Phi) is 5.35. The number of carbonyl (C=O) groups excluding carboxylic acids is 1. The molecule has 0 amide bonds. The largest absolute Gasteiger partial charge is 0.328 e. The minimum atomic E-state index is 0.186. The van der Waals surface area contributed by atoms with Gasteiger partial charge in [0.25, 0.3) is 0 Å². The zero-order valence-corrected chi connectivity index (χ0v) is 11.1. The predicted octanol–water partition coefficient (Wildman–Crippen LogP) is 1.61. The van der Waals surface area contributed by atoms with Gasteiger partial charge in [-0.3, -0.25) is 9.48 Å². The van der Waals surface area contributed by atoms with Crippen LogP contribution in [0, 0.1) is 0 Å². The molecule has 0 fully saturated rings. The van der Waals surface area contributed by atoms with Gasteiger partial charge in [-0.05, 0) is 32.3 Å². The summed E-state index contributed by atoms with van der Waals surface area (Å²) >= 11 is 0. The molecule has 1 heterocycles. The number of hydrogen-bond donors (Lipinski definition) is 1. The summed E-state index contributed by atoms with van der Waals surface area (Å²) in [6, 6.07) is 2.20. The highest BCUT2D eigenvalue weighted by Gasteiger charge is 2.09. The first kappa shape index (κ1) is 13.9. The minimum absolute atomic E-state index is 0.186. The van der Waals surface area contributed by atoms with E-state index in [1.807, 2.05) is 24.7 Å². The molecule has 0 radical (unpaired) electrons. The molecule has 0 spiro atoms. The molecule has 0 saturated carbocycles. The van der Waals surface area contributed by atoms with Crippen LogP contribution >= 0.6 is 0 Å². The van der Waals surface area contributed by atoms with E-state index in [-0.39, 0.29) is 11.8 Å². The van der Waals surface area contributed by atoms with E-state index in [9.17, 15) is 4.79 Å². The highest BCUT2D eigenvalue weighted by atomic mass is 16.1. The van der Waals surface area contributed by atoms with E-state index in [2.05, 4.69) is 12.0 Å². The van der Waals surface area contributed by atoms with Crippen molar-refractivity contribution in [2.75, 3.05) is 0 Å². The number of hydrogen-bond acceptors (Lipinski definition) is 3. The normalized spacial score (nSPS) is 12.7. The Balaban J connectivity index is 2.42. The molecule has 1 rings (SSSR count). The number of nitrogens with zero attached hydrogens (tertiary/aromatic N) is 2. The molecule has 1 aromatic heterocycles. The number of Topliss-reactive ketones (excluding diaryl/α,β-unsaturated/α-hetero) is 1. The molecule has 4 nitrogen and oxygen atoms in total. The summed E-state index contributed by atoms with van der Waals surface area (Å²) < 4.78 is 1.81. The van der Waals surface area contributed by atoms with Crippen LogP contribution in [-0.2, 0) is 24.7 Å². The highest BCUT2D eigenvalue weighted by Crippen LogP contribution is 2.08. The van der Waals surface area contributed by atoms with Gasteiger partial charge in [0.2, 0.25) is 0 Å². The van der Waals surface area contributed by atoms with Crippen LogP contribution in [0.4, 0.5) is 0 Å². The lowest BCUT2D eigenvalue weighted by Crippen LogP contribution is -2.15. The molecular formula is C13H23N3O. The van der Waals surface area contributed by atoms with E-state index in [0.29, 0.717) is 12.8 Å². The van der Waals surface area contributed by atoms with Gasteiger partial charge in [-0.25, -0.2) is 0 Å². The van der Waals surface area contributed by atoms with Crippen LogP contribution < -0.4 is 5.73 Å². The fourth-order valence-electron chi connectivity index (χ4n) is 1.82. The first-order valence-corrected chi connectivity index (χ1v) is 6.32. The molecule has 0 aliphatic carbocycles. The number of aromatic nitrogens is 2. The van der Waals surface area contributed by atoms with Gasteiger partial charge in [-0.15, -0.1) is 0 Å². The van der Waals surface area contributed by atoms with Gasteiger partial charge in [-0.1, -0.05) is 6.92 Å². The molecule has 1 aromatic rings.